The van der Waals surface area contributed by atoms with Gasteiger partial charge in [-0.25, -0.2) is 0 Å². The summed E-state index contributed by atoms with van der Waals surface area (Å²) in [7, 11) is 0. The van der Waals surface area contributed by atoms with Crippen molar-refractivity contribution in [1.82, 2.24) is 4.90 Å². The van der Waals surface area contributed by atoms with Crippen LogP contribution >= 0.6 is 15.9 Å². The summed E-state index contributed by atoms with van der Waals surface area (Å²) in [5.74, 6) is 0. The number of benzene rings is 1. The minimum atomic E-state index is -0.403. The van der Waals surface area contributed by atoms with Crippen molar-refractivity contribution in [3.05, 3.63) is 32.8 Å². The normalized spacial score (nSPS) is 16.1. The van der Waals surface area contributed by atoms with Crippen LogP contribution in [-0.2, 0) is 0 Å². The molecule has 1 fully saturated rings. The van der Waals surface area contributed by atoms with E-state index >= 15 is 0 Å². The molecule has 0 bridgehead atoms. The van der Waals surface area contributed by atoms with Gasteiger partial charge in [0.2, 0.25) is 0 Å². The highest BCUT2D eigenvalue weighted by Crippen LogP contribution is 2.30. The molecule has 1 aliphatic rings. The number of nitro benzene ring substituents is 1. The third-order valence-corrected chi connectivity index (χ3v) is 3.78. The highest BCUT2D eigenvalue weighted by Gasteiger charge is 2.19. The van der Waals surface area contributed by atoms with Crippen LogP contribution in [0, 0.1) is 21.4 Å². The molecule has 0 N–H and O–H groups in total. The van der Waals surface area contributed by atoms with E-state index in [0.717, 1.165) is 36.3 Å². The maximum Gasteiger partial charge on any atom is 0.270 e. The Labute approximate surface area is 119 Å². The lowest BCUT2D eigenvalue weighted by Crippen LogP contribution is -2.46. The van der Waals surface area contributed by atoms with Crippen LogP contribution < -0.4 is 4.90 Å². The van der Waals surface area contributed by atoms with Crippen LogP contribution in [-0.4, -0.2) is 42.5 Å². The Kier molecular flexibility index (Phi) is 4.35. The van der Waals surface area contributed by atoms with Gasteiger partial charge in [0.15, 0.2) is 0 Å². The lowest BCUT2D eigenvalue weighted by molar-refractivity contribution is -0.384. The smallest absolute Gasteiger partial charge is 0.270 e. The summed E-state index contributed by atoms with van der Waals surface area (Å²) < 4.78 is 0.732. The largest absolute Gasteiger partial charge is 0.368 e. The number of nitro groups is 1. The van der Waals surface area contributed by atoms with E-state index in [0.29, 0.717) is 6.54 Å². The molecule has 19 heavy (non-hydrogen) atoms. The molecule has 7 heteroatoms. The Bertz CT molecular complexity index is 521. The van der Waals surface area contributed by atoms with E-state index in [4.69, 9.17) is 5.26 Å². The number of anilines is 1. The Hall–Kier alpha value is -1.65. The van der Waals surface area contributed by atoms with Crippen molar-refractivity contribution in [2.75, 3.05) is 37.6 Å². The van der Waals surface area contributed by atoms with Crippen LogP contribution in [0.3, 0.4) is 0 Å². The second kappa shape index (κ2) is 5.99. The van der Waals surface area contributed by atoms with Gasteiger partial charge >= 0.3 is 0 Å². The maximum atomic E-state index is 10.7. The molecule has 1 aromatic carbocycles. The maximum absolute atomic E-state index is 10.7. The fourth-order valence-electron chi connectivity index (χ4n) is 2.11. The van der Waals surface area contributed by atoms with Gasteiger partial charge in [-0.05, 0) is 22.0 Å². The molecule has 0 atom stereocenters. The summed E-state index contributed by atoms with van der Waals surface area (Å²) >= 11 is 3.38. The Morgan fingerprint density at radius 1 is 1.37 bits per heavy atom. The molecule has 0 amide bonds. The van der Waals surface area contributed by atoms with Crippen LogP contribution in [0.2, 0.25) is 0 Å². The number of nitriles is 1. The second-order valence-electron chi connectivity index (χ2n) is 4.31. The molecular weight excluding hydrogens is 312 g/mol. The molecule has 0 radical (unpaired) electrons. The number of hydrogen-bond donors (Lipinski definition) is 0. The number of non-ortho nitro benzene ring substituents is 1. The van der Waals surface area contributed by atoms with Crippen LogP contribution in [0.1, 0.15) is 0 Å². The van der Waals surface area contributed by atoms with Crippen LogP contribution in [0.15, 0.2) is 22.7 Å². The standard InChI is InChI=1S/C12H13BrN4O2/c13-11-9-10(17(18)19)1-2-12(11)16-7-5-15(4-3-14)6-8-16/h1-2,9H,4-8H2. The summed E-state index contributed by atoms with van der Waals surface area (Å²) in [4.78, 5) is 14.5. The van der Waals surface area contributed by atoms with Crippen LogP contribution in [0.5, 0.6) is 0 Å². The zero-order valence-corrected chi connectivity index (χ0v) is 11.8. The van der Waals surface area contributed by atoms with Crippen LogP contribution in [0.25, 0.3) is 0 Å². The van der Waals surface area contributed by atoms with Gasteiger partial charge in [0.05, 0.1) is 23.2 Å². The molecule has 1 aromatic rings. The lowest BCUT2D eigenvalue weighted by Gasteiger charge is -2.35. The third kappa shape index (κ3) is 3.22. The molecule has 0 spiro atoms. The van der Waals surface area contributed by atoms with Crippen molar-refractivity contribution in [3.8, 4) is 6.07 Å². The van der Waals surface area contributed by atoms with Gasteiger partial charge in [-0.3, -0.25) is 15.0 Å². The number of rotatable bonds is 3. The highest BCUT2D eigenvalue weighted by atomic mass is 79.9. The van der Waals surface area contributed by atoms with Gasteiger partial charge in [0.1, 0.15) is 0 Å². The Morgan fingerprint density at radius 2 is 2.05 bits per heavy atom. The van der Waals surface area contributed by atoms with Gasteiger partial charge in [-0.1, -0.05) is 0 Å². The van der Waals surface area contributed by atoms with E-state index in [-0.39, 0.29) is 5.69 Å². The fraction of sp³-hybridized carbons (Fsp3) is 0.417. The first-order chi connectivity index (χ1) is 9.11. The minimum absolute atomic E-state index is 0.0822. The number of nitrogens with zero attached hydrogens (tertiary/aromatic N) is 4. The van der Waals surface area contributed by atoms with Gasteiger partial charge in [0.25, 0.3) is 5.69 Å². The van der Waals surface area contributed by atoms with Gasteiger partial charge in [-0.2, -0.15) is 5.26 Å². The molecule has 0 unspecified atom stereocenters. The van der Waals surface area contributed by atoms with Crippen molar-refractivity contribution in [3.63, 3.8) is 0 Å². The topological polar surface area (TPSA) is 73.4 Å². The van der Waals surface area contributed by atoms with E-state index in [1.54, 1.807) is 6.07 Å². The molecule has 0 aliphatic carbocycles. The molecule has 100 valence electrons. The van der Waals surface area contributed by atoms with Crippen molar-refractivity contribution in [1.29, 1.82) is 5.26 Å². The number of halogens is 1. The quantitative estimate of drug-likeness (QED) is 0.483. The monoisotopic (exact) mass is 324 g/mol. The summed E-state index contributed by atoms with van der Waals surface area (Å²) in [5, 5.41) is 19.3. The SMILES string of the molecule is N#CCN1CCN(c2ccc([N+](=O)[O-])cc2Br)CC1. The second-order valence-corrected chi connectivity index (χ2v) is 5.17. The van der Waals surface area contributed by atoms with Crippen molar-refractivity contribution < 1.29 is 4.92 Å². The van der Waals surface area contributed by atoms with Gasteiger partial charge in [0, 0.05) is 42.8 Å². The molecule has 6 nitrogen and oxygen atoms in total. The van der Waals surface area contributed by atoms with Gasteiger partial charge < -0.3 is 4.90 Å². The van der Waals surface area contributed by atoms with E-state index in [9.17, 15) is 10.1 Å². The first-order valence-corrected chi connectivity index (χ1v) is 6.69. The van der Waals surface area contributed by atoms with E-state index in [1.165, 1.54) is 12.1 Å². The van der Waals surface area contributed by atoms with E-state index in [2.05, 4.69) is 31.8 Å². The zero-order valence-electron chi connectivity index (χ0n) is 10.3. The summed E-state index contributed by atoms with van der Waals surface area (Å²) in [5.41, 5.74) is 1.04. The molecule has 0 saturated carbocycles. The van der Waals surface area contributed by atoms with Gasteiger partial charge in [-0.15, -0.1) is 0 Å². The lowest BCUT2D eigenvalue weighted by atomic mass is 10.2. The first kappa shape index (κ1) is 13.8. The van der Waals surface area contributed by atoms with E-state index in [1.807, 2.05) is 0 Å². The van der Waals surface area contributed by atoms with E-state index < -0.39 is 4.92 Å². The fourth-order valence-corrected chi connectivity index (χ4v) is 2.73. The average Bonchev–Trinajstić information content (AvgIpc) is 2.40. The molecule has 1 aliphatic heterocycles. The zero-order chi connectivity index (χ0) is 13.8. The predicted molar refractivity (Wildman–Crippen MR) is 75.1 cm³/mol. The minimum Gasteiger partial charge on any atom is -0.368 e. The Balaban J connectivity index is 2.08. The highest BCUT2D eigenvalue weighted by molar-refractivity contribution is 9.10. The summed E-state index contributed by atoms with van der Waals surface area (Å²) in [6.07, 6.45) is 0. The summed E-state index contributed by atoms with van der Waals surface area (Å²) in [6, 6.07) is 6.95. The molecule has 1 saturated heterocycles. The van der Waals surface area contributed by atoms with Crippen molar-refractivity contribution >= 4 is 27.3 Å². The third-order valence-electron chi connectivity index (χ3n) is 3.15. The molecule has 0 aromatic heterocycles. The number of piperazine rings is 1. The molecule has 2 rings (SSSR count). The Morgan fingerprint density at radius 3 is 2.58 bits per heavy atom. The van der Waals surface area contributed by atoms with Crippen LogP contribution in [0.4, 0.5) is 11.4 Å². The average molecular weight is 325 g/mol. The van der Waals surface area contributed by atoms with Crippen molar-refractivity contribution in [2.45, 2.75) is 0 Å². The summed E-state index contributed by atoms with van der Waals surface area (Å²) in [6.45, 7) is 3.75. The first-order valence-electron chi connectivity index (χ1n) is 5.90. The molecular formula is C12H13BrN4O2. The van der Waals surface area contributed by atoms with Crippen molar-refractivity contribution in [2.24, 2.45) is 0 Å². The molecule has 1 heterocycles. The number of hydrogen-bond acceptors (Lipinski definition) is 5. The predicted octanol–water partition coefficient (Wildman–Crippen LogP) is 2.00.